The number of benzene rings is 1. The Bertz CT molecular complexity index is 959. The molecular weight excluding hydrogens is 400 g/mol. The van der Waals surface area contributed by atoms with E-state index in [1.54, 1.807) is 18.2 Å². The number of nitriles is 1. The van der Waals surface area contributed by atoms with Gasteiger partial charge in [-0.25, -0.2) is 0 Å². The average Bonchev–Trinajstić information content (AvgIpc) is 3.37. The lowest BCUT2D eigenvalue weighted by atomic mass is 10.2. The summed E-state index contributed by atoms with van der Waals surface area (Å²) in [4.78, 5) is 24.6. The van der Waals surface area contributed by atoms with E-state index in [4.69, 9.17) is 5.26 Å². The maximum Gasteiger partial charge on any atom is 0.226 e. The molecule has 0 spiro atoms. The van der Waals surface area contributed by atoms with E-state index in [-0.39, 0.29) is 24.5 Å². The second-order valence-corrected chi connectivity index (χ2v) is 8.57. The summed E-state index contributed by atoms with van der Waals surface area (Å²) in [5.74, 6) is 0.416. The molecule has 1 N–H and O–H groups in total. The monoisotopic (exact) mass is 414 g/mol. The number of carbonyl (C=O) groups is 2. The van der Waals surface area contributed by atoms with Gasteiger partial charge in [-0.3, -0.25) is 9.59 Å². The van der Waals surface area contributed by atoms with Gasteiger partial charge in [0.05, 0.1) is 16.5 Å². The predicted molar refractivity (Wildman–Crippen MR) is 107 cm³/mol. The Kier molecular flexibility index (Phi) is 6.70. The lowest BCUT2D eigenvalue weighted by molar-refractivity contribution is -0.116. The smallest absolute Gasteiger partial charge is 0.226 e. The van der Waals surface area contributed by atoms with Gasteiger partial charge >= 0.3 is 0 Å². The first-order chi connectivity index (χ1) is 13.1. The fourth-order valence-corrected chi connectivity index (χ4v) is 4.53. The number of thioether (sulfide) groups is 1. The Balaban J connectivity index is 1.45. The molecule has 1 aromatic carbocycles. The van der Waals surface area contributed by atoms with E-state index in [9.17, 15) is 9.59 Å². The first kappa shape index (κ1) is 19.2. The molecule has 0 unspecified atom stereocenters. The molecule has 1 amide bonds. The summed E-state index contributed by atoms with van der Waals surface area (Å²) in [6, 6.07) is 13.0. The van der Waals surface area contributed by atoms with Gasteiger partial charge in [0.15, 0.2) is 10.1 Å². The first-order valence-electron chi connectivity index (χ1n) is 7.96. The average molecular weight is 415 g/mol. The third-order valence-corrected chi connectivity index (χ3v) is 6.43. The number of carbonyl (C=O) groups excluding carboxylic acids is 2. The number of amides is 1. The topological polar surface area (TPSA) is 95.7 Å². The third-order valence-electron chi connectivity index (χ3n) is 3.47. The summed E-state index contributed by atoms with van der Waals surface area (Å²) in [6.07, 6.45) is 0.287. The van der Waals surface area contributed by atoms with Crippen LogP contribution in [0.3, 0.4) is 0 Å². The Hall–Kier alpha value is -2.54. The third kappa shape index (κ3) is 5.72. The van der Waals surface area contributed by atoms with E-state index in [1.165, 1.54) is 34.4 Å². The molecule has 3 rings (SSSR count). The standard InChI is InChI=1S/C18H14N4O2S3/c19-10-12-3-5-13(6-4-12)11-26-18-22-21-17(27-18)20-16(24)8-7-14(23)15-2-1-9-25-15/h1-6,9H,7-8,11H2,(H,20,21,24). The second kappa shape index (κ2) is 9.41. The highest BCUT2D eigenvalue weighted by atomic mass is 32.2. The number of anilines is 1. The van der Waals surface area contributed by atoms with E-state index in [0.29, 0.717) is 21.3 Å². The molecule has 136 valence electrons. The number of hydrogen-bond acceptors (Lipinski definition) is 8. The van der Waals surface area contributed by atoms with Gasteiger partial charge in [0, 0.05) is 18.6 Å². The van der Waals surface area contributed by atoms with Crippen molar-refractivity contribution >= 4 is 51.3 Å². The van der Waals surface area contributed by atoms with E-state index < -0.39 is 0 Å². The van der Waals surface area contributed by atoms with Crippen LogP contribution in [0.25, 0.3) is 0 Å². The van der Waals surface area contributed by atoms with Crippen molar-refractivity contribution in [2.45, 2.75) is 22.9 Å². The molecule has 0 aliphatic rings. The van der Waals surface area contributed by atoms with Gasteiger partial charge in [0.1, 0.15) is 0 Å². The number of Topliss-reactive ketones (excluding diaryl/α,β-unsaturated/α-hetero) is 1. The van der Waals surface area contributed by atoms with Gasteiger partial charge in [-0.2, -0.15) is 5.26 Å². The first-order valence-corrected chi connectivity index (χ1v) is 10.6. The van der Waals surface area contributed by atoms with Gasteiger partial charge in [0.25, 0.3) is 0 Å². The van der Waals surface area contributed by atoms with Crippen LogP contribution >= 0.6 is 34.4 Å². The van der Waals surface area contributed by atoms with Crippen molar-refractivity contribution in [3.05, 3.63) is 57.8 Å². The highest BCUT2D eigenvalue weighted by molar-refractivity contribution is 8.00. The van der Waals surface area contributed by atoms with Crippen molar-refractivity contribution in [3.63, 3.8) is 0 Å². The van der Waals surface area contributed by atoms with Crippen LogP contribution in [-0.2, 0) is 10.5 Å². The fourth-order valence-electron chi connectivity index (χ4n) is 2.11. The molecule has 0 aliphatic carbocycles. The summed E-state index contributed by atoms with van der Waals surface area (Å²) in [7, 11) is 0. The van der Waals surface area contributed by atoms with Gasteiger partial charge < -0.3 is 5.32 Å². The molecule has 9 heteroatoms. The molecule has 0 saturated carbocycles. The Morgan fingerprint density at radius 3 is 2.67 bits per heavy atom. The summed E-state index contributed by atoms with van der Waals surface area (Å²) >= 11 is 4.18. The maximum absolute atomic E-state index is 12.0. The zero-order valence-corrected chi connectivity index (χ0v) is 16.5. The van der Waals surface area contributed by atoms with E-state index in [2.05, 4.69) is 21.6 Å². The number of nitrogens with zero attached hydrogens (tertiary/aromatic N) is 3. The normalized spacial score (nSPS) is 10.3. The summed E-state index contributed by atoms with van der Waals surface area (Å²) in [5.41, 5.74) is 1.70. The molecule has 0 radical (unpaired) electrons. The van der Waals surface area contributed by atoms with Crippen molar-refractivity contribution in [2.24, 2.45) is 0 Å². The van der Waals surface area contributed by atoms with Crippen LogP contribution in [0.15, 0.2) is 46.1 Å². The number of thiophene rings is 1. The van der Waals surface area contributed by atoms with E-state index in [0.717, 1.165) is 9.90 Å². The second-order valence-electron chi connectivity index (χ2n) is 5.42. The van der Waals surface area contributed by atoms with Gasteiger partial charge in [0.2, 0.25) is 11.0 Å². The number of aromatic nitrogens is 2. The van der Waals surface area contributed by atoms with E-state index >= 15 is 0 Å². The minimum absolute atomic E-state index is 0.0314. The number of ketones is 1. The molecule has 2 heterocycles. The zero-order valence-electron chi connectivity index (χ0n) is 14.0. The summed E-state index contributed by atoms with van der Waals surface area (Å²) in [6.45, 7) is 0. The molecule has 0 fully saturated rings. The van der Waals surface area contributed by atoms with Crippen LogP contribution in [0.5, 0.6) is 0 Å². The molecule has 0 atom stereocenters. The lowest BCUT2D eigenvalue weighted by Crippen LogP contribution is -2.13. The Labute approximate surface area is 168 Å². The molecule has 0 aliphatic heterocycles. The largest absolute Gasteiger partial charge is 0.300 e. The van der Waals surface area contributed by atoms with Crippen molar-refractivity contribution in [1.82, 2.24) is 10.2 Å². The summed E-state index contributed by atoms with van der Waals surface area (Å²) < 4.78 is 0.740. The number of rotatable bonds is 8. The maximum atomic E-state index is 12.0. The van der Waals surface area contributed by atoms with Gasteiger partial charge in [-0.1, -0.05) is 41.3 Å². The predicted octanol–water partition coefficient (Wildman–Crippen LogP) is 4.37. The zero-order chi connectivity index (χ0) is 19.1. The van der Waals surface area contributed by atoms with Crippen LogP contribution < -0.4 is 5.32 Å². The molecule has 27 heavy (non-hydrogen) atoms. The molecule has 6 nitrogen and oxygen atoms in total. The Morgan fingerprint density at radius 1 is 1.15 bits per heavy atom. The minimum Gasteiger partial charge on any atom is -0.300 e. The van der Waals surface area contributed by atoms with Crippen LogP contribution in [0, 0.1) is 11.3 Å². The fraction of sp³-hybridized carbons (Fsp3) is 0.167. The van der Waals surface area contributed by atoms with Gasteiger partial charge in [-0.15, -0.1) is 21.5 Å². The molecular formula is C18H14N4O2S3. The summed E-state index contributed by atoms with van der Waals surface area (Å²) in [5, 5.41) is 21.8. The highest BCUT2D eigenvalue weighted by Crippen LogP contribution is 2.28. The lowest BCUT2D eigenvalue weighted by Gasteiger charge is -2.00. The molecule has 2 aromatic heterocycles. The van der Waals surface area contributed by atoms with Crippen molar-refractivity contribution in [3.8, 4) is 6.07 Å². The Morgan fingerprint density at radius 2 is 1.96 bits per heavy atom. The minimum atomic E-state index is -0.250. The molecule has 0 bridgehead atoms. The number of hydrogen-bond donors (Lipinski definition) is 1. The quantitative estimate of drug-likeness (QED) is 0.334. The van der Waals surface area contributed by atoms with Crippen molar-refractivity contribution < 1.29 is 9.59 Å². The SMILES string of the molecule is N#Cc1ccc(CSc2nnc(NC(=O)CCC(=O)c3cccs3)s2)cc1. The number of nitrogens with one attached hydrogen (secondary N) is 1. The van der Waals surface area contributed by atoms with Crippen LogP contribution in [0.1, 0.15) is 33.6 Å². The molecule has 3 aromatic rings. The van der Waals surface area contributed by atoms with Gasteiger partial charge in [-0.05, 0) is 29.1 Å². The van der Waals surface area contributed by atoms with Crippen molar-refractivity contribution in [2.75, 3.05) is 5.32 Å². The van der Waals surface area contributed by atoms with Crippen LogP contribution in [0.4, 0.5) is 5.13 Å². The molecule has 0 saturated heterocycles. The van der Waals surface area contributed by atoms with Crippen LogP contribution in [-0.4, -0.2) is 21.9 Å². The highest BCUT2D eigenvalue weighted by Gasteiger charge is 2.12. The van der Waals surface area contributed by atoms with E-state index in [1.807, 2.05) is 23.6 Å². The van der Waals surface area contributed by atoms with Crippen LogP contribution in [0.2, 0.25) is 0 Å². The van der Waals surface area contributed by atoms with Crippen molar-refractivity contribution in [1.29, 1.82) is 5.26 Å².